The number of methoxy groups -OCH3 is 1. The summed E-state index contributed by atoms with van der Waals surface area (Å²) in [5.74, 6) is 1.21. The molecule has 0 atom stereocenters. The third kappa shape index (κ3) is 4.93. The maximum atomic E-state index is 10.4. The second-order valence-electron chi connectivity index (χ2n) is 9.92. The van der Waals surface area contributed by atoms with E-state index in [2.05, 4.69) is 53.1 Å². The predicted octanol–water partition coefficient (Wildman–Crippen LogP) is 4.20. The number of hydrogen-bond acceptors (Lipinski definition) is 9. The summed E-state index contributed by atoms with van der Waals surface area (Å²) in [6.45, 7) is 8.71. The Hall–Kier alpha value is -3.27. The van der Waals surface area contributed by atoms with Crippen molar-refractivity contribution in [3.63, 3.8) is 0 Å². The maximum Gasteiger partial charge on any atom is 0.205 e. The number of nitrogens with two attached hydrogens (primary N) is 1. The minimum absolute atomic E-state index is 0.137. The van der Waals surface area contributed by atoms with Gasteiger partial charge in [-0.1, -0.05) is 13.8 Å². The first-order valence-electron chi connectivity index (χ1n) is 12.3. The van der Waals surface area contributed by atoms with Gasteiger partial charge in [0, 0.05) is 30.2 Å². The van der Waals surface area contributed by atoms with Crippen molar-refractivity contribution in [2.24, 2.45) is 5.73 Å². The smallest absolute Gasteiger partial charge is 0.205 e. The van der Waals surface area contributed by atoms with E-state index >= 15 is 0 Å². The third-order valence-electron chi connectivity index (χ3n) is 6.67. The van der Waals surface area contributed by atoms with Gasteiger partial charge in [0.25, 0.3) is 0 Å². The van der Waals surface area contributed by atoms with Crippen molar-refractivity contribution in [2.75, 3.05) is 17.7 Å². The van der Waals surface area contributed by atoms with Crippen molar-refractivity contribution in [1.29, 1.82) is 0 Å². The molecule has 0 amide bonds. The second-order valence-corrected chi connectivity index (χ2v) is 9.92. The monoisotopic (exact) mass is 483 g/mol. The van der Waals surface area contributed by atoms with Crippen molar-refractivity contribution in [3.8, 4) is 28.6 Å². The first kappa shape index (κ1) is 24.8. The van der Waals surface area contributed by atoms with Gasteiger partial charge >= 0.3 is 0 Å². The first-order valence-corrected chi connectivity index (χ1v) is 12.3. The summed E-state index contributed by atoms with van der Waals surface area (Å²) in [6.07, 6.45) is 3.97. The molecule has 2 heterocycles. The molecular formula is C25H37N7O3. The van der Waals surface area contributed by atoms with Gasteiger partial charge in [-0.15, -0.1) is 5.10 Å². The number of anilines is 2. The number of benzene rings is 1. The van der Waals surface area contributed by atoms with Crippen LogP contribution in [0, 0.1) is 0 Å². The van der Waals surface area contributed by atoms with Crippen LogP contribution < -0.4 is 21.1 Å². The van der Waals surface area contributed by atoms with E-state index in [0.29, 0.717) is 23.1 Å². The van der Waals surface area contributed by atoms with Crippen LogP contribution in [0.15, 0.2) is 12.1 Å². The molecule has 3 aliphatic rings. The van der Waals surface area contributed by atoms with Crippen molar-refractivity contribution < 1.29 is 14.9 Å². The fourth-order valence-corrected chi connectivity index (χ4v) is 4.69. The van der Waals surface area contributed by atoms with E-state index in [-0.39, 0.29) is 41.8 Å². The van der Waals surface area contributed by atoms with Crippen LogP contribution in [0.3, 0.4) is 0 Å². The molecule has 4 rings (SSSR count). The molecule has 6 N–H and O–H groups in total. The van der Waals surface area contributed by atoms with Gasteiger partial charge in [-0.2, -0.15) is 10.1 Å². The van der Waals surface area contributed by atoms with Gasteiger partial charge in [-0.3, -0.25) is 0 Å². The zero-order valence-electron chi connectivity index (χ0n) is 21.2. The number of phenolic OH excluding ortho intramolecular Hbond substituents is 2. The average molecular weight is 484 g/mol. The van der Waals surface area contributed by atoms with Gasteiger partial charge in [-0.05, 0) is 57.6 Å². The highest BCUT2D eigenvalue weighted by molar-refractivity contribution is 5.75. The molecule has 10 nitrogen and oxygen atoms in total. The topological polar surface area (TPSA) is 143 Å². The number of phenols is 2. The molecule has 35 heavy (non-hydrogen) atoms. The standard InChI is InChI=1S/C25H37N7O3/c1-13(2)19-21-20(31-30-19)24(27-12-15-6-11-18(35-5)23(34)22(15)33)29-25(32(21)14(3)4)28-17-9-7-16(26)8-10-17/h6,11,13-14,16-17,27,33-34H,7-10,12,26H2,1-5H3,(H,28,29). The Balaban J connectivity index is 1.73. The zero-order chi connectivity index (χ0) is 25.3. The summed E-state index contributed by atoms with van der Waals surface area (Å²) in [7, 11) is 1.44. The van der Waals surface area contributed by atoms with Gasteiger partial charge in [0.2, 0.25) is 11.7 Å². The lowest BCUT2D eigenvalue weighted by atomic mass is 9.92. The summed E-state index contributed by atoms with van der Waals surface area (Å²) in [5, 5.41) is 36.6. The van der Waals surface area contributed by atoms with Crippen LogP contribution in [0.2, 0.25) is 0 Å². The van der Waals surface area contributed by atoms with Gasteiger partial charge in [0.05, 0.1) is 18.5 Å². The molecule has 0 radical (unpaired) electrons. The van der Waals surface area contributed by atoms with Crippen molar-refractivity contribution >= 4 is 11.8 Å². The molecule has 2 aliphatic heterocycles. The van der Waals surface area contributed by atoms with E-state index < -0.39 is 0 Å². The molecule has 0 spiro atoms. The maximum absolute atomic E-state index is 10.4. The number of aromatic nitrogens is 4. The molecule has 0 saturated heterocycles. The number of ether oxygens (including phenoxy) is 1. The number of hydrogen-bond donors (Lipinski definition) is 5. The first-order chi connectivity index (χ1) is 16.7. The van der Waals surface area contributed by atoms with Crippen LogP contribution in [0.5, 0.6) is 17.2 Å². The van der Waals surface area contributed by atoms with Crippen LogP contribution in [-0.4, -0.2) is 49.2 Å². The second kappa shape index (κ2) is 10.2. The number of nitrogens with one attached hydrogen (secondary N) is 2. The lowest BCUT2D eigenvalue weighted by molar-refractivity contribution is 0.349. The van der Waals surface area contributed by atoms with Crippen LogP contribution in [0.1, 0.15) is 76.6 Å². The largest absolute Gasteiger partial charge is 0.504 e. The summed E-state index contributed by atoms with van der Waals surface area (Å²) >= 11 is 0. The van der Waals surface area contributed by atoms with Crippen LogP contribution in [0.25, 0.3) is 11.4 Å². The highest BCUT2D eigenvalue weighted by Crippen LogP contribution is 2.40. The molecule has 1 aromatic carbocycles. The van der Waals surface area contributed by atoms with Crippen molar-refractivity contribution in [1.82, 2.24) is 19.7 Å². The lowest BCUT2D eigenvalue weighted by Crippen LogP contribution is -2.34. The Morgan fingerprint density at radius 2 is 1.80 bits per heavy atom. The minimum atomic E-state index is -0.288. The number of nitrogens with zero attached hydrogens (tertiary/aromatic N) is 4. The van der Waals surface area contributed by atoms with Gasteiger partial charge in [0.1, 0.15) is 0 Å². The molecule has 0 unspecified atom stereocenters. The normalized spacial score (nSPS) is 18.4. The molecular weight excluding hydrogens is 446 g/mol. The van der Waals surface area contributed by atoms with E-state index in [4.69, 9.17) is 15.5 Å². The number of aromatic hydroxyl groups is 2. The molecule has 190 valence electrons. The summed E-state index contributed by atoms with van der Waals surface area (Å²) in [5.41, 5.74) is 9.17. The van der Waals surface area contributed by atoms with E-state index in [1.807, 2.05) is 0 Å². The summed E-state index contributed by atoms with van der Waals surface area (Å²) < 4.78 is 7.26. The molecule has 0 aromatic heterocycles. The predicted molar refractivity (Wildman–Crippen MR) is 136 cm³/mol. The van der Waals surface area contributed by atoms with Crippen LogP contribution >= 0.6 is 0 Å². The highest BCUT2D eigenvalue weighted by Gasteiger charge is 2.29. The SMILES string of the molecule is COc1ccc(CNc2nc(NC3CCC(N)CC3)n(C(C)C)c3c(C(C)C)nnc2-3)c(O)c1O. The summed E-state index contributed by atoms with van der Waals surface area (Å²) in [6, 6.07) is 4.02. The quantitative estimate of drug-likeness (QED) is 0.298. The van der Waals surface area contributed by atoms with Crippen molar-refractivity contribution in [2.45, 2.75) is 84.0 Å². The molecule has 1 aliphatic carbocycles. The Morgan fingerprint density at radius 1 is 1.09 bits per heavy atom. The van der Waals surface area contributed by atoms with Crippen LogP contribution in [-0.2, 0) is 6.54 Å². The Bertz CT molecular complexity index is 1140. The van der Waals surface area contributed by atoms with Gasteiger partial charge < -0.3 is 35.9 Å². The minimum Gasteiger partial charge on any atom is -0.504 e. The van der Waals surface area contributed by atoms with E-state index in [0.717, 1.165) is 43.0 Å². The fraction of sp³-hybridized carbons (Fsp3) is 0.560. The Labute approximate surface area is 206 Å². The molecule has 10 heteroatoms. The molecule has 1 fully saturated rings. The van der Waals surface area contributed by atoms with E-state index in [1.165, 1.54) is 7.11 Å². The Kier molecular flexibility index (Phi) is 7.20. The van der Waals surface area contributed by atoms with Gasteiger partial charge in [-0.25, -0.2) is 0 Å². The number of fused-ring (bicyclic) bond motifs is 1. The molecule has 1 aromatic rings. The highest BCUT2D eigenvalue weighted by atomic mass is 16.5. The van der Waals surface area contributed by atoms with E-state index in [1.54, 1.807) is 12.1 Å². The summed E-state index contributed by atoms with van der Waals surface area (Å²) in [4.78, 5) is 4.95. The van der Waals surface area contributed by atoms with Gasteiger partial charge in [0.15, 0.2) is 23.0 Å². The van der Waals surface area contributed by atoms with Crippen molar-refractivity contribution in [3.05, 3.63) is 23.4 Å². The zero-order valence-corrected chi connectivity index (χ0v) is 21.2. The molecule has 0 bridgehead atoms. The fourth-order valence-electron chi connectivity index (χ4n) is 4.69. The number of rotatable bonds is 8. The van der Waals surface area contributed by atoms with Crippen LogP contribution in [0.4, 0.5) is 11.8 Å². The average Bonchev–Trinajstić information content (AvgIpc) is 3.26. The lowest BCUT2D eigenvalue weighted by Gasteiger charge is -2.30. The Morgan fingerprint density at radius 3 is 2.43 bits per heavy atom. The van der Waals surface area contributed by atoms with E-state index in [9.17, 15) is 10.2 Å². The molecule has 1 saturated carbocycles. The third-order valence-corrected chi connectivity index (χ3v) is 6.67.